The number of amides is 1. The molecule has 1 N–H and O–H groups in total. The van der Waals surface area contributed by atoms with Gasteiger partial charge in [-0.15, -0.1) is 0 Å². The van der Waals surface area contributed by atoms with E-state index in [2.05, 4.69) is 17.4 Å². The van der Waals surface area contributed by atoms with Crippen molar-refractivity contribution in [1.82, 2.24) is 5.32 Å². The molecule has 0 heterocycles. The van der Waals surface area contributed by atoms with E-state index in [1.54, 1.807) is 12.1 Å². The molecule has 0 radical (unpaired) electrons. The van der Waals surface area contributed by atoms with Gasteiger partial charge in [0.2, 0.25) is 0 Å². The Balaban J connectivity index is 1.76. The number of ether oxygens (including phenoxy) is 2. The Morgan fingerprint density at radius 2 is 1.75 bits per heavy atom. The lowest BCUT2D eigenvalue weighted by Gasteiger charge is -2.18. The molecule has 0 saturated carbocycles. The van der Waals surface area contributed by atoms with Crippen LogP contribution in [0.3, 0.4) is 0 Å². The minimum Gasteiger partial charge on any atom is -0.491 e. The van der Waals surface area contributed by atoms with E-state index in [0.29, 0.717) is 23.7 Å². The van der Waals surface area contributed by atoms with Gasteiger partial charge in [0.25, 0.3) is 5.91 Å². The fraction of sp³-hybridized carbons (Fsp3) is 0.435. The van der Waals surface area contributed by atoms with Crippen LogP contribution in [0.4, 0.5) is 0 Å². The molecule has 5 heteroatoms. The van der Waals surface area contributed by atoms with Gasteiger partial charge in [-0.05, 0) is 81.5 Å². The number of hydrogen-bond acceptors (Lipinski definition) is 3. The molecule has 0 bridgehead atoms. The third-order valence-corrected chi connectivity index (χ3v) is 4.73. The second-order valence-corrected chi connectivity index (χ2v) is 7.54. The van der Waals surface area contributed by atoms with E-state index in [9.17, 15) is 4.79 Å². The van der Waals surface area contributed by atoms with Crippen LogP contribution >= 0.6 is 11.6 Å². The van der Waals surface area contributed by atoms with Crippen LogP contribution in [0.5, 0.6) is 11.5 Å². The first-order valence-corrected chi connectivity index (χ1v) is 10.2. The van der Waals surface area contributed by atoms with E-state index in [0.717, 1.165) is 24.2 Å². The van der Waals surface area contributed by atoms with Gasteiger partial charge >= 0.3 is 0 Å². The van der Waals surface area contributed by atoms with Crippen LogP contribution in [0.25, 0.3) is 0 Å². The summed E-state index contributed by atoms with van der Waals surface area (Å²) in [5.74, 6) is 1.45. The molecule has 0 spiro atoms. The Bertz CT molecular complexity index is 759. The van der Waals surface area contributed by atoms with Crippen LogP contribution in [0, 0.1) is 6.92 Å². The second kappa shape index (κ2) is 11.0. The van der Waals surface area contributed by atoms with Gasteiger partial charge in [0.1, 0.15) is 11.5 Å². The van der Waals surface area contributed by atoms with E-state index in [4.69, 9.17) is 21.1 Å². The highest BCUT2D eigenvalue weighted by atomic mass is 35.5. The molecule has 2 aromatic carbocycles. The molecule has 0 fully saturated rings. The fourth-order valence-corrected chi connectivity index (χ4v) is 2.92. The van der Waals surface area contributed by atoms with Crippen LogP contribution in [0.1, 0.15) is 44.7 Å². The van der Waals surface area contributed by atoms with Crippen molar-refractivity contribution in [2.24, 2.45) is 0 Å². The molecular formula is C23H30ClNO3. The zero-order valence-corrected chi connectivity index (χ0v) is 17.9. The minimum absolute atomic E-state index is 0.0872. The van der Waals surface area contributed by atoms with Gasteiger partial charge in [0.15, 0.2) is 6.10 Å². The van der Waals surface area contributed by atoms with Gasteiger partial charge in [-0.3, -0.25) is 4.79 Å². The lowest BCUT2D eigenvalue weighted by molar-refractivity contribution is -0.128. The van der Waals surface area contributed by atoms with Crippen LogP contribution in [-0.4, -0.2) is 24.7 Å². The zero-order valence-electron chi connectivity index (χ0n) is 17.1. The second-order valence-electron chi connectivity index (χ2n) is 7.13. The van der Waals surface area contributed by atoms with Crippen molar-refractivity contribution < 1.29 is 14.3 Å². The SMILES string of the molecule is CC[C@H](Oc1ccc(Cl)c(C)c1)C(=O)NCCCc1ccc(OC(C)C)cc1. The van der Waals surface area contributed by atoms with Crippen molar-refractivity contribution >= 4 is 17.5 Å². The topological polar surface area (TPSA) is 47.6 Å². The predicted octanol–water partition coefficient (Wildman–Crippen LogP) is 5.34. The number of benzene rings is 2. The van der Waals surface area contributed by atoms with Crippen molar-refractivity contribution in [3.8, 4) is 11.5 Å². The number of nitrogens with one attached hydrogen (secondary N) is 1. The van der Waals surface area contributed by atoms with Crippen LogP contribution in [-0.2, 0) is 11.2 Å². The molecule has 0 aliphatic carbocycles. The molecule has 1 atom stereocenters. The summed E-state index contributed by atoms with van der Waals surface area (Å²) in [5, 5.41) is 3.66. The maximum absolute atomic E-state index is 12.4. The summed E-state index contributed by atoms with van der Waals surface area (Å²) in [4.78, 5) is 12.4. The van der Waals surface area contributed by atoms with Gasteiger partial charge in [0.05, 0.1) is 6.10 Å². The Kier molecular flexibility index (Phi) is 8.65. The largest absolute Gasteiger partial charge is 0.491 e. The molecule has 152 valence electrons. The molecule has 4 nitrogen and oxygen atoms in total. The van der Waals surface area contributed by atoms with Crippen molar-refractivity contribution in [1.29, 1.82) is 0 Å². The maximum Gasteiger partial charge on any atom is 0.261 e. The number of carbonyl (C=O) groups is 1. The zero-order chi connectivity index (χ0) is 20.5. The summed E-state index contributed by atoms with van der Waals surface area (Å²) in [5.41, 5.74) is 2.16. The number of carbonyl (C=O) groups excluding carboxylic acids is 1. The molecule has 0 aliphatic rings. The van der Waals surface area contributed by atoms with Gasteiger partial charge in [-0.1, -0.05) is 30.7 Å². The standard InChI is InChI=1S/C23H30ClNO3/c1-5-22(28-20-12-13-21(24)17(4)15-20)23(26)25-14-6-7-18-8-10-19(11-9-18)27-16(2)3/h8-13,15-16,22H,5-7,14H2,1-4H3,(H,25,26)/t22-/m0/s1. The highest BCUT2D eigenvalue weighted by Crippen LogP contribution is 2.22. The highest BCUT2D eigenvalue weighted by molar-refractivity contribution is 6.31. The van der Waals surface area contributed by atoms with Gasteiger partial charge in [-0.25, -0.2) is 0 Å². The maximum atomic E-state index is 12.4. The van der Waals surface area contributed by atoms with E-state index in [1.165, 1.54) is 5.56 Å². The Morgan fingerprint density at radius 3 is 2.36 bits per heavy atom. The average Bonchev–Trinajstić information content (AvgIpc) is 2.66. The number of aryl methyl sites for hydroxylation is 2. The molecule has 0 unspecified atom stereocenters. The van der Waals surface area contributed by atoms with Gasteiger partial charge in [0, 0.05) is 11.6 Å². The van der Waals surface area contributed by atoms with Crippen LogP contribution < -0.4 is 14.8 Å². The molecule has 28 heavy (non-hydrogen) atoms. The van der Waals surface area contributed by atoms with Gasteiger partial charge < -0.3 is 14.8 Å². The number of rotatable bonds is 10. The minimum atomic E-state index is -0.506. The molecule has 0 saturated heterocycles. The predicted molar refractivity (Wildman–Crippen MR) is 114 cm³/mol. The van der Waals surface area contributed by atoms with E-state index in [-0.39, 0.29) is 12.0 Å². The van der Waals surface area contributed by atoms with Crippen molar-refractivity contribution in [3.05, 3.63) is 58.6 Å². The Hall–Kier alpha value is -2.20. The molecule has 1 amide bonds. The summed E-state index contributed by atoms with van der Waals surface area (Å²) in [6, 6.07) is 13.5. The quantitative estimate of drug-likeness (QED) is 0.544. The Labute approximate surface area is 173 Å². The van der Waals surface area contributed by atoms with Crippen LogP contribution in [0.2, 0.25) is 5.02 Å². The van der Waals surface area contributed by atoms with E-state index in [1.807, 2.05) is 45.9 Å². The summed E-state index contributed by atoms with van der Waals surface area (Å²) in [7, 11) is 0. The fourth-order valence-electron chi connectivity index (χ4n) is 2.80. The smallest absolute Gasteiger partial charge is 0.261 e. The highest BCUT2D eigenvalue weighted by Gasteiger charge is 2.18. The van der Waals surface area contributed by atoms with Crippen molar-refractivity contribution in [2.75, 3.05) is 6.54 Å². The first-order chi connectivity index (χ1) is 13.4. The molecule has 2 aromatic rings. The summed E-state index contributed by atoms with van der Waals surface area (Å²) in [6.45, 7) is 8.49. The Morgan fingerprint density at radius 1 is 1.07 bits per heavy atom. The molecule has 0 aromatic heterocycles. The lowest BCUT2D eigenvalue weighted by atomic mass is 10.1. The third-order valence-electron chi connectivity index (χ3n) is 4.31. The summed E-state index contributed by atoms with van der Waals surface area (Å²) in [6.07, 6.45) is 2.04. The number of hydrogen-bond donors (Lipinski definition) is 1. The lowest BCUT2D eigenvalue weighted by Crippen LogP contribution is -2.38. The summed E-state index contributed by atoms with van der Waals surface area (Å²) < 4.78 is 11.5. The van der Waals surface area contributed by atoms with E-state index < -0.39 is 6.10 Å². The average molecular weight is 404 g/mol. The summed E-state index contributed by atoms with van der Waals surface area (Å²) >= 11 is 6.04. The van der Waals surface area contributed by atoms with Crippen molar-refractivity contribution in [3.63, 3.8) is 0 Å². The monoisotopic (exact) mass is 403 g/mol. The van der Waals surface area contributed by atoms with Gasteiger partial charge in [-0.2, -0.15) is 0 Å². The molecular weight excluding hydrogens is 374 g/mol. The molecule has 2 rings (SSSR count). The van der Waals surface area contributed by atoms with Crippen LogP contribution in [0.15, 0.2) is 42.5 Å². The number of halogens is 1. The first kappa shape index (κ1) is 22.1. The first-order valence-electron chi connectivity index (χ1n) is 9.85. The van der Waals surface area contributed by atoms with Crippen molar-refractivity contribution in [2.45, 2.75) is 59.2 Å². The van der Waals surface area contributed by atoms with E-state index >= 15 is 0 Å². The molecule has 0 aliphatic heterocycles. The third kappa shape index (κ3) is 7.08. The normalized spacial score (nSPS) is 11.9.